The van der Waals surface area contributed by atoms with Crippen LogP contribution in [0, 0.1) is 0 Å². The molecule has 2 aromatic rings. The number of amidine groups is 1. The van der Waals surface area contributed by atoms with E-state index in [0.717, 1.165) is 22.0 Å². The van der Waals surface area contributed by atoms with Crippen molar-refractivity contribution in [3.05, 3.63) is 64.9 Å². The third-order valence-electron chi connectivity index (χ3n) is 3.75. The van der Waals surface area contributed by atoms with Crippen LogP contribution in [0.3, 0.4) is 0 Å². The molecular formula is C17H15N5OS. The van der Waals surface area contributed by atoms with Crippen molar-refractivity contribution in [2.75, 3.05) is 5.75 Å². The molecule has 24 heavy (non-hydrogen) atoms. The summed E-state index contributed by atoms with van der Waals surface area (Å²) in [5.74, 6) is 0.661. The molecule has 120 valence electrons. The van der Waals surface area contributed by atoms with Crippen molar-refractivity contribution in [2.45, 2.75) is 13.1 Å². The number of rotatable bonds is 2. The Morgan fingerprint density at radius 3 is 2.83 bits per heavy atom. The number of hydrogen-bond donors (Lipinski definition) is 1. The molecule has 7 heteroatoms. The SMILES string of the molecule is CCSC1=NN2C(=c3ccccc3=N[C@@H]2c2ccccn2)C(=O)N1. The van der Waals surface area contributed by atoms with Crippen LogP contribution >= 0.6 is 11.8 Å². The van der Waals surface area contributed by atoms with Gasteiger partial charge in [0.25, 0.3) is 5.91 Å². The molecule has 3 heterocycles. The van der Waals surface area contributed by atoms with Crippen LogP contribution in [0.5, 0.6) is 0 Å². The summed E-state index contributed by atoms with van der Waals surface area (Å²) < 4.78 is 0. The Hall–Kier alpha value is -2.67. The number of aromatic nitrogens is 1. The van der Waals surface area contributed by atoms with Crippen molar-refractivity contribution in [3.8, 4) is 0 Å². The minimum absolute atomic E-state index is 0.163. The van der Waals surface area contributed by atoms with Crippen LogP contribution in [-0.2, 0) is 4.79 Å². The van der Waals surface area contributed by atoms with E-state index < -0.39 is 6.17 Å². The molecule has 0 bridgehead atoms. The summed E-state index contributed by atoms with van der Waals surface area (Å²) in [5, 5.41) is 11.3. The van der Waals surface area contributed by atoms with Crippen LogP contribution in [-0.4, -0.2) is 26.8 Å². The molecular weight excluding hydrogens is 322 g/mol. The molecule has 6 nitrogen and oxygen atoms in total. The first-order valence-electron chi connectivity index (χ1n) is 7.68. The lowest BCUT2D eigenvalue weighted by Gasteiger charge is -2.33. The van der Waals surface area contributed by atoms with Crippen LogP contribution in [0.2, 0.25) is 0 Å². The molecule has 0 aliphatic carbocycles. The minimum Gasteiger partial charge on any atom is -0.298 e. The first-order chi connectivity index (χ1) is 11.8. The molecule has 1 atom stereocenters. The van der Waals surface area contributed by atoms with Crippen molar-refractivity contribution in [1.29, 1.82) is 0 Å². The molecule has 4 rings (SSSR count). The van der Waals surface area contributed by atoms with Gasteiger partial charge in [-0.1, -0.05) is 43.0 Å². The molecule has 1 aromatic heterocycles. The molecule has 1 amide bonds. The average Bonchev–Trinajstić information content (AvgIpc) is 2.62. The highest BCUT2D eigenvalue weighted by Crippen LogP contribution is 2.29. The lowest BCUT2D eigenvalue weighted by Crippen LogP contribution is -2.50. The van der Waals surface area contributed by atoms with E-state index in [9.17, 15) is 4.79 Å². The lowest BCUT2D eigenvalue weighted by molar-refractivity contribution is -0.116. The van der Waals surface area contributed by atoms with Crippen LogP contribution in [0.4, 0.5) is 0 Å². The third kappa shape index (κ3) is 2.46. The topological polar surface area (TPSA) is 70.0 Å². The zero-order chi connectivity index (χ0) is 16.5. The molecule has 2 aliphatic heterocycles. The summed E-state index contributed by atoms with van der Waals surface area (Å²) in [5.41, 5.74) is 1.26. The Kier molecular flexibility index (Phi) is 3.78. The summed E-state index contributed by atoms with van der Waals surface area (Å²) in [6.07, 6.45) is 1.27. The van der Waals surface area contributed by atoms with E-state index in [1.807, 2.05) is 49.4 Å². The van der Waals surface area contributed by atoms with Gasteiger partial charge < -0.3 is 0 Å². The number of nitrogens with one attached hydrogen (secondary N) is 1. The highest BCUT2D eigenvalue weighted by atomic mass is 32.2. The number of nitrogens with zero attached hydrogens (tertiary/aromatic N) is 4. The van der Waals surface area contributed by atoms with Crippen LogP contribution < -0.4 is 15.9 Å². The monoisotopic (exact) mass is 337 g/mol. The molecule has 0 fully saturated rings. The molecule has 0 radical (unpaired) electrons. The van der Waals surface area contributed by atoms with Gasteiger partial charge in [0.15, 0.2) is 11.3 Å². The van der Waals surface area contributed by atoms with Crippen molar-refractivity contribution < 1.29 is 4.79 Å². The fraction of sp³-hybridized carbons (Fsp3) is 0.176. The Morgan fingerprint density at radius 1 is 1.21 bits per heavy atom. The van der Waals surface area contributed by atoms with Gasteiger partial charge in [0.2, 0.25) is 0 Å². The number of thioether (sulfide) groups is 1. The lowest BCUT2D eigenvalue weighted by atomic mass is 10.1. The van der Waals surface area contributed by atoms with E-state index in [1.165, 1.54) is 11.8 Å². The first kappa shape index (κ1) is 14.9. The van der Waals surface area contributed by atoms with Gasteiger partial charge in [-0.3, -0.25) is 20.1 Å². The molecule has 0 spiro atoms. The Labute approximate surface area is 143 Å². The Balaban J connectivity index is 1.96. The van der Waals surface area contributed by atoms with Gasteiger partial charge >= 0.3 is 0 Å². The Bertz CT molecular complexity index is 941. The second kappa shape index (κ2) is 6.09. The first-order valence-corrected chi connectivity index (χ1v) is 8.66. The number of para-hydroxylation sites is 1. The molecule has 0 saturated heterocycles. The number of hydrogen-bond acceptors (Lipinski definition) is 6. The number of carbonyl (C=O) groups is 1. The van der Waals surface area contributed by atoms with E-state index in [0.29, 0.717) is 10.9 Å². The largest absolute Gasteiger partial charge is 0.298 e. The second-order valence-electron chi connectivity index (χ2n) is 5.26. The number of carbonyl (C=O) groups excluding carboxylic acids is 1. The van der Waals surface area contributed by atoms with Gasteiger partial charge in [-0.05, 0) is 24.0 Å². The zero-order valence-electron chi connectivity index (χ0n) is 13.0. The number of fused-ring (bicyclic) bond motifs is 2. The Morgan fingerprint density at radius 2 is 2.04 bits per heavy atom. The van der Waals surface area contributed by atoms with Crippen molar-refractivity contribution >= 4 is 28.5 Å². The van der Waals surface area contributed by atoms with E-state index in [1.54, 1.807) is 11.2 Å². The van der Waals surface area contributed by atoms with Crippen molar-refractivity contribution in [3.63, 3.8) is 0 Å². The number of amides is 1. The summed E-state index contributed by atoms with van der Waals surface area (Å²) in [4.78, 5) is 21.9. The average molecular weight is 337 g/mol. The maximum Gasteiger partial charge on any atom is 0.276 e. The van der Waals surface area contributed by atoms with E-state index in [2.05, 4.69) is 15.4 Å². The molecule has 2 aliphatic rings. The van der Waals surface area contributed by atoms with Gasteiger partial charge in [0.1, 0.15) is 5.70 Å². The van der Waals surface area contributed by atoms with Crippen LogP contribution in [0.1, 0.15) is 18.8 Å². The van der Waals surface area contributed by atoms with Gasteiger partial charge in [-0.25, -0.2) is 5.01 Å². The predicted octanol–water partition coefficient (Wildman–Crippen LogP) is 0.978. The maximum atomic E-state index is 12.7. The van der Waals surface area contributed by atoms with Crippen LogP contribution in [0.15, 0.2) is 58.8 Å². The smallest absolute Gasteiger partial charge is 0.276 e. The summed E-state index contributed by atoms with van der Waals surface area (Å²) >= 11 is 1.49. The summed E-state index contributed by atoms with van der Waals surface area (Å²) in [6.45, 7) is 2.02. The number of pyridine rings is 1. The molecule has 0 unspecified atom stereocenters. The zero-order valence-corrected chi connectivity index (χ0v) is 13.8. The van der Waals surface area contributed by atoms with Gasteiger partial charge in [-0.2, -0.15) is 0 Å². The van der Waals surface area contributed by atoms with E-state index in [4.69, 9.17) is 4.99 Å². The normalized spacial score (nSPS) is 19.0. The van der Waals surface area contributed by atoms with Crippen molar-refractivity contribution in [1.82, 2.24) is 15.3 Å². The quantitative estimate of drug-likeness (QED) is 0.887. The van der Waals surface area contributed by atoms with Crippen molar-refractivity contribution in [2.24, 2.45) is 10.1 Å². The van der Waals surface area contributed by atoms with Gasteiger partial charge in [-0.15, -0.1) is 5.10 Å². The maximum absolute atomic E-state index is 12.7. The predicted molar refractivity (Wildman–Crippen MR) is 93.2 cm³/mol. The molecule has 0 saturated carbocycles. The number of benzene rings is 1. The number of hydrazone groups is 1. The van der Waals surface area contributed by atoms with E-state index in [-0.39, 0.29) is 5.91 Å². The summed E-state index contributed by atoms with van der Waals surface area (Å²) in [6, 6.07) is 13.3. The second-order valence-corrected chi connectivity index (χ2v) is 6.51. The van der Waals surface area contributed by atoms with E-state index >= 15 is 0 Å². The molecule has 1 aromatic carbocycles. The van der Waals surface area contributed by atoms with Gasteiger partial charge in [0, 0.05) is 11.4 Å². The summed E-state index contributed by atoms with van der Waals surface area (Å²) in [7, 11) is 0. The van der Waals surface area contributed by atoms with Crippen LogP contribution in [0.25, 0.3) is 5.70 Å². The van der Waals surface area contributed by atoms with Gasteiger partial charge in [0.05, 0.1) is 11.1 Å². The third-order valence-corrected chi connectivity index (χ3v) is 4.49. The highest BCUT2D eigenvalue weighted by Gasteiger charge is 2.34. The molecule has 1 N–H and O–H groups in total. The minimum atomic E-state index is -0.449. The highest BCUT2D eigenvalue weighted by molar-refractivity contribution is 8.13. The standard InChI is InChI=1S/C17H15N5OS/c1-2-24-17-20-16(23)14-11-7-3-4-8-12(11)19-15(22(14)21-17)13-9-5-6-10-18-13/h3-10,15H,2H2,1H3,(H,20,21,23)/t15-/m0/s1. The fourth-order valence-electron chi connectivity index (χ4n) is 2.75. The fourth-order valence-corrected chi connectivity index (χ4v) is 3.33.